The number of aromatic nitrogens is 1. The number of halogens is 1. The summed E-state index contributed by atoms with van der Waals surface area (Å²) in [6.07, 6.45) is 2.32. The highest BCUT2D eigenvalue weighted by molar-refractivity contribution is 9.10. The summed E-state index contributed by atoms with van der Waals surface area (Å²) in [6, 6.07) is 4.46. The fourth-order valence-electron chi connectivity index (χ4n) is 2.06. The van der Waals surface area contributed by atoms with Crippen LogP contribution in [0, 0.1) is 0 Å². The van der Waals surface area contributed by atoms with Crippen molar-refractivity contribution in [1.29, 1.82) is 0 Å². The lowest BCUT2D eigenvalue weighted by atomic mass is 10.1. The molecule has 1 fully saturated rings. The lowest BCUT2D eigenvalue weighted by molar-refractivity contribution is 0.263. The van der Waals surface area contributed by atoms with Gasteiger partial charge in [0.25, 0.3) is 0 Å². The highest BCUT2D eigenvalue weighted by Crippen LogP contribution is 2.26. The fraction of sp³-hybridized carbons (Fsp3) is 0.583. The molecule has 1 saturated heterocycles. The van der Waals surface area contributed by atoms with Gasteiger partial charge in [0.1, 0.15) is 4.60 Å². The van der Waals surface area contributed by atoms with Crippen molar-refractivity contribution in [1.82, 2.24) is 9.88 Å². The van der Waals surface area contributed by atoms with Gasteiger partial charge in [-0.25, -0.2) is 4.98 Å². The second-order valence-electron chi connectivity index (χ2n) is 4.41. The van der Waals surface area contributed by atoms with Gasteiger partial charge in [0.2, 0.25) is 5.88 Å². The predicted molar refractivity (Wildman–Crippen MR) is 72.6 cm³/mol. The van der Waals surface area contributed by atoms with Gasteiger partial charge in [-0.05, 0) is 61.0 Å². The van der Waals surface area contributed by atoms with Gasteiger partial charge in [0.15, 0.2) is 0 Å². The maximum Gasteiger partial charge on any atom is 0.238 e. The normalized spacial score (nSPS) is 18.1. The van der Waals surface area contributed by atoms with Gasteiger partial charge in [0, 0.05) is 6.04 Å². The van der Waals surface area contributed by atoms with Crippen molar-refractivity contribution < 1.29 is 4.74 Å². The Hall–Kier alpha value is -0.810. The van der Waals surface area contributed by atoms with Gasteiger partial charge >= 0.3 is 0 Å². The zero-order chi connectivity index (χ0) is 12.3. The Morgan fingerprint density at radius 3 is 2.76 bits per heavy atom. The molecule has 1 aromatic rings. The molecule has 0 spiro atoms. The van der Waals surface area contributed by atoms with E-state index >= 15 is 0 Å². The average molecular weight is 300 g/mol. The molecule has 1 aliphatic rings. The van der Waals surface area contributed by atoms with Crippen LogP contribution in [0.3, 0.4) is 0 Å². The molecule has 0 aromatic carbocycles. The van der Waals surface area contributed by atoms with Crippen LogP contribution >= 0.6 is 15.9 Å². The average Bonchev–Trinajstić information content (AvgIpc) is 2.34. The van der Waals surface area contributed by atoms with E-state index in [9.17, 15) is 0 Å². The van der Waals surface area contributed by atoms with Crippen LogP contribution in [0.1, 0.15) is 12.8 Å². The second-order valence-corrected chi connectivity index (χ2v) is 5.23. The summed E-state index contributed by atoms with van der Waals surface area (Å²) in [5.74, 6) is 0.651. The topological polar surface area (TPSA) is 37.4 Å². The number of anilines is 1. The molecule has 0 atom stereocenters. The van der Waals surface area contributed by atoms with E-state index in [2.05, 4.69) is 38.2 Å². The molecular weight excluding hydrogens is 282 g/mol. The number of ether oxygens (including phenoxy) is 1. The molecule has 0 bridgehead atoms. The third-order valence-electron chi connectivity index (χ3n) is 3.10. The summed E-state index contributed by atoms with van der Waals surface area (Å²) >= 11 is 3.34. The number of hydrogen-bond donors (Lipinski definition) is 1. The zero-order valence-corrected chi connectivity index (χ0v) is 11.8. The first-order valence-corrected chi connectivity index (χ1v) is 6.64. The van der Waals surface area contributed by atoms with Gasteiger partial charge in [-0.1, -0.05) is 0 Å². The standard InChI is InChI=1S/C12H18BrN3O/c1-16-7-5-9(6-8-16)14-10-3-4-11(13)15-12(10)17-2/h3-4,9,14H,5-8H2,1-2H3. The number of rotatable bonds is 3. The first-order valence-electron chi connectivity index (χ1n) is 5.84. The molecule has 1 N–H and O–H groups in total. The Kier molecular flexibility index (Phi) is 4.23. The van der Waals surface area contributed by atoms with Crippen LogP contribution < -0.4 is 10.1 Å². The molecular formula is C12H18BrN3O. The summed E-state index contributed by atoms with van der Waals surface area (Å²) in [7, 11) is 3.81. The van der Waals surface area contributed by atoms with Crippen LogP contribution in [0.25, 0.3) is 0 Å². The van der Waals surface area contributed by atoms with Crippen LogP contribution in [0.15, 0.2) is 16.7 Å². The molecule has 1 aromatic heterocycles. The third-order valence-corrected chi connectivity index (χ3v) is 3.54. The smallest absolute Gasteiger partial charge is 0.238 e. The zero-order valence-electron chi connectivity index (χ0n) is 10.2. The van der Waals surface area contributed by atoms with Gasteiger partial charge < -0.3 is 15.0 Å². The number of nitrogens with zero attached hydrogens (tertiary/aromatic N) is 2. The number of pyridine rings is 1. The van der Waals surface area contributed by atoms with Crippen LogP contribution in [-0.4, -0.2) is 43.2 Å². The molecule has 2 heterocycles. The number of nitrogens with one attached hydrogen (secondary N) is 1. The minimum absolute atomic E-state index is 0.517. The quantitative estimate of drug-likeness (QED) is 0.870. The van der Waals surface area contributed by atoms with E-state index in [-0.39, 0.29) is 0 Å². The van der Waals surface area contributed by atoms with Crippen LogP contribution in [0.2, 0.25) is 0 Å². The number of likely N-dealkylation sites (tertiary alicyclic amines) is 1. The molecule has 4 nitrogen and oxygen atoms in total. The molecule has 0 saturated carbocycles. The van der Waals surface area contributed by atoms with E-state index in [1.54, 1.807) is 7.11 Å². The van der Waals surface area contributed by atoms with Crippen molar-refractivity contribution in [3.63, 3.8) is 0 Å². The molecule has 1 aliphatic heterocycles. The second kappa shape index (κ2) is 5.69. The van der Waals surface area contributed by atoms with Crippen molar-refractivity contribution in [3.05, 3.63) is 16.7 Å². The van der Waals surface area contributed by atoms with Gasteiger partial charge in [-0.2, -0.15) is 0 Å². The summed E-state index contributed by atoms with van der Waals surface area (Å²) in [4.78, 5) is 6.65. The Balaban J connectivity index is 2.03. The predicted octanol–water partition coefficient (Wildman–Crippen LogP) is 2.36. The van der Waals surface area contributed by atoms with Crippen LogP contribution in [-0.2, 0) is 0 Å². The maximum absolute atomic E-state index is 5.27. The molecule has 0 amide bonds. The van der Waals surface area contributed by atoms with Crippen molar-refractivity contribution >= 4 is 21.6 Å². The summed E-state index contributed by atoms with van der Waals surface area (Å²) in [6.45, 7) is 2.29. The molecule has 0 unspecified atom stereocenters. The minimum Gasteiger partial charge on any atom is -0.479 e. The summed E-state index contributed by atoms with van der Waals surface area (Å²) in [5.41, 5.74) is 0.977. The molecule has 5 heteroatoms. The van der Waals surface area contributed by atoms with Crippen molar-refractivity contribution in [2.75, 3.05) is 32.6 Å². The van der Waals surface area contributed by atoms with E-state index in [4.69, 9.17) is 4.74 Å². The van der Waals surface area contributed by atoms with Crippen molar-refractivity contribution in [2.24, 2.45) is 0 Å². The number of piperidine rings is 1. The molecule has 0 aliphatic carbocycles. The molecule has 2 rings (SSSR count). The number of methoxy groups -OCH3 is 1. The van der Waals surface area contributed by atoms with Gasteiger partial charge in [-0.3, -0.25) is 0 Å². The van der Waals surface area contributed by atoms with Crippen molar-refractivity contribution in [2.45, 2.75) is 18.9 Å². The van der Waals surface area contributed by atoms with Crippen molar-refractivity contribution in [3.8, 4) is 5.88 Å². The van der Waals surface area contributed by atoms with Crippen LogP contribution in [0.4, 0.5) is 5.69 Å². The summed E-state index contributed by atoms with van der Waals surface area (Å²) < 4.78 is 6.07. The van der Waals surface area contributed by atoms with E-state index in [1.807, 2.05) is 12.1 Å². The Morgan fingerprint density at radius 2 is 2.12 bits per heavy atom. The van der Waals surface area contributed by atoms with Gasteiger partial charge in [-0.15, -0.1) is 0 Å². The Labute approximate surface area is 110 Å². The third kappa shape index (κ3) is 3.33. The Bertz CT molecular complexity index is 378. The monoisotopic (exact) mass is 299 g/mol. The molecule has 94 valence electrons. The first-order chi connectivity index (χ1) is 8.19. The van der Waals surface area contributed by atoms with E-state index in [0.717, 1.165) is 36.2 Å². The molecule has 17 heavy (non-hydrogen) atoms. The highest BCUT2D eigenvalue weighted by Gasteiger charge is 2.17. The maximum atomic E-state index is 5.27. The van der Waals surface area contributed by atoms with E-state index in [1.165, 1.54) is 0 Å². The lowest BCUT2D eigenvalue weighted by Crippen LogP contribution is -2.36. The highest BCUT2D eigenvalue weighted by atomic mass is 79.9. The lowest BCUT2D eigenvalue weighted by Gasteiger charge is -2.30. The fourth-order valence-corrected chi connectivity index (χ4v) is 2.35. The molecule has 0 radical (unpaired) electrons. The van der Waals surface area contributed by atoms with E-state index < -0.39 is 0 Å². The largest absolute Gasteiger partial charge is 0.479 e. The number of hydrogen-bond acceptors (Lipinski definition) is 4. The Morgan fingerprint density at radius 1 is 1.41 bits per heavy atom. The van der Waals surface area contributed by atoms with Gasteiger partial charge in [0.05, 0.1) is 12.8 Å². The minimum atomic E-state index is 0.517. The van der Waals surface area contributed by atoms with E-state index in [0.29, 0.717) is 11.9 Å². The SMILES string of the molecule is COc1nc(Br)ccc1NC1CCN(C)CC1. The summed E-state index contributed by atoms with van der Waals surface area (Å²) in [5, 5.41) is 3.51. The van der Waals surface area contributed by atoms with Crippen LogP contribution in [0.5, 0.6) is 5.88 Å². The first kappa shape index (κ1) is 12.6.